The molecule has 4 rings (SSSR count). The van der Waals surface area contributed by atoms with Gasteiger partial charge in [-0.2, -0.15) is 10.2 Å². The Morgan fingerprint density at radius 3 is 2.83 bits per heavy atom. The van der Waals surface area contributed by atoms with Crippen molar-refractivity contribution in [2.75, 3.05) is 11.4 Å². The summed E-state index contributed by atoms with van der Waals surface area (Å²) in [7, 11) is 0. The van der Waals surface area contributed by atoms with E-state index in [0.717, 1.165) is 25.2 Å². The standard InChI is InChI=1S/C16H17N7O/c24-16-5-1-6-19-23(16)12-13-4-2-8-21(13)14-10-17-11-15(20-14)22-9-3-7-18-22/h1,3,5-7,9-11,13H,2,4,8,12H2. The van der Waals surface area contributed by atoms with Gasteiger partial charge in [0.1, 0.15) is 5.82 Å². The summed E-state index contributed by atoms with van der Waals surface area (Å²) in [6.07, 6.45) is 10.7. The van der Waals surface area contributed by atoms with Gasteiger partial charge in [0.2, 0.25) is 0 Å². The monoisotopic (exact) mass is 323 g/mol. The minimum Gasteiger partial charge on any atom is -0.350 e. The molecule has 122 valence electrons. The van der Waals surface area contributed by atoms with Crippen LogP contribution in [0.5, 0.6) is 0 Å². The first-order chi connectivity index (χ1) is 11.8. The SMILES string of the molecule is O=c1cccnn1CC1CCCN1c1cncc(-n2cccn2)n1. The molecule has 1 aliphatic rings. The quantitative estimate of drug-likeness (QED) is 0.709. The molecule has 0 N–H and O–H groups in total. The van der Waals surface area contributed by atoms with Crippen LogP contribution in [-0.4, -0.2) is 42.1 Å². The van der Waals surface area contributed by atoms with Crippen molar-refractivity contribution in [3.05, 3.63) is 59.5 Å². The Morgan fingerprint density at radius 2 is 2.00 bits per heavy atom. The highest BCUT2D eigenvalue weighted by Crippen LogP contribution is 2.24. The van der Waals surface area contributed by atoms with Gasteiger partial charge in [-0.25, -0.2) is 14.3 Å². The number of anilines is 1. The van der Waals surface area contributed by atoms with Crippen molar-refractivity contribution in [1.82, 2.24) is 29.5 Å². The molecule has 0 radical (unpaired) electrons. The van der Waals surface area contributed by atoms with Crippen LogP contribution in [0.3, 0.4) is 0 Å². The Labute approximate surface area is 138 Å². The van der Waals surface area contributed by atoms with Crippen molar-refractivity contribution in [2.45, 2.75) is 25.4 Å². The third kappa shape index (κ3) is 2.78. The molecule has 1 aliphatic heterocycles. The molecule has 4 heterocycles. The van der Waals surface area contributed by atoms with Gasteiger partial charge < -0.3 is 4.90 Å². The zero-order valence-corrected chi connectivity index (χ0v) is 13.1. The fourth-order valence-electron chi connectivity index (χ4n) is 3.05. The number of hydrogen-bond acceptors (Lipinski definition) is 6. The van der Waals surface area contributed by atoms with Gasteiger partial charge in [-0.3, -0.25) is 9.78 Å². The Kier molecular flexibility index (Phi) is 3.78. The summed E-state index contributed by atoms with van der Waals surface area (Å²) in [5.74, 6) is 1.48. The predicted molar refractivity (Wildman–Crippen MR) is 88.0 cm³/mol. The molecule has 1 unspecified atom stereocenters. The maximum Gasteiger partial charge on any atom is 0.266 e. The molecule has 1 atom stereocenters. The second-order valence-electron chi connectivity index (χ2n) is 5.72. The van der Waals surface area contributed by atoms with Crippen LogP contribution in [0.4, 0.5) is 5.82 Å². The van der Waals surface area contributed by atoms with Crippen molar-refractivity contribution >= 4 is 5.82 Å². The van der Waals surface area contributed by atoms with Gasteiger partial charge in [0, 0.05) is 31.2 Å². The van der Waals surface area contributed by atoms with E-state index in [9.17, 15) is 4.79 Å². The summed E-state index contributed by atoms with van der Waals surface area (Å²) in [5.41, 5.74) is -0.0827. The Balaban J connectivity index is 1.60. The van der Waals surface area contributed by atoms with Crippen molar-refractivity contribution in [3.8, 4) is 5.82 Å². The first-order valence-electron chi connectivity index (χ1n) is 7.92. The minimum absolute atomic E-state index is 0.0827. The first-order valence-corrected chi connectivity index (χ1v) is 7.92. The van der Waals surface area contributed by atoms with Crippen LogP contribution in [0, 0.1) is 0 Å². The highest BCUT2D eigenvalue weighted by atomic mass is 16.1. The lowest BCUT2D eigenvalue weighted by Crippen LogP contribution is -2.37. The summed E-state index contributed by atoms with van der Waals surface area (Å²) >= 11 is 0. The van der Waals surface area contributed by atoms with E-state index in [1.165, 1.54) is 10.7 Å². The summed E-state index contributed by atoms with van der Waals surface area (Å²) in [4.78, 5) is 23.1. The lowest BCUT2D eigenvalue weighted by Gasteiger charge is -2.25. The molecular formula is C16H17N7O. The largest absolute Gasteiger partial charge is 0.350 e. The highest BCUT2D eigenvalue weighted by molar-refractivity contribution is 5.41. The average molecular weight is 323 g/mol. The van der Waals surface area contributed by atoms with Crippen LogP contribution >= 0.6 is 0 Å². The van der Waals surface area contributed by atoms with Crippen molar-refractivity contribution in [3.63, 3.8) is 0 Å². The zero-order valence-electron chi connectivity index (χ0n) is 13.1. The number of rotatable bonds is 4. The van der Waals surface area contributed by atoms with Crippen LogP contribution in [0.1, 0.15) is 12.8 Å². The van der Waals surface area contributed by atoms with E-state index < -0.39 is 0 Å². The first kappa shape index (κ1) is 14.6. The van der Waals surface area contributed by atoms with Gasteiger partial charge in [0.05, 0.1) is 25.0 Å². The van der Waals surface area contributed by atoms with Gasteiger partial charge in [0.15, 0.2) is 5.82 Å². The molecule has 0 spiro atoms. The summed E-state index contributed by atoms with van der Waals surface area (Å²) in [5, 5.41) is 8.35. The summed E-state index contributed by atoms with van der Waals surface area (Å²) in [6, 6.07) is 5.22. The van der Waals surface area contributed by atoms with Gasteiger partial charge >= 0.3 is 0 Å². The number of nitrogens with zero attached hydrogens (tertiary/aromatic N) is 7. The third-order valence-electron chi connectivity index (χ3n) is 4.19. The van der Waals surface area contributed by atoms with E-state index >= 15 is 0 Å². The van der Waals surface area contributed by atoms with E-state index in [-0.39, 0.29) is 11.6 Å². The van der Waals surface area contributed by atoms with E-state index in [1.807, 2.05) is 12.3 Å². The lowest BCUT2D eigenvalue weighted by molar-refractivity contribution is 0.486. The Hall–Kier alpha value is -3.03. The molecule has 8 nitrogen and oxygen atoms in total. The third-order valence-corrected chi connectivity index (χ3v) is 4.19. The second kappa shape index (κ2) is 6.23. The topological polar surface area (TPSA) is 81.7 Å². The maximum atomic E-state index is 11.9. The number of hydrogen-bond donors (Lipinski definition) is 0. The van der Waals surface area contributed by atoms with Crippen LogP contribution in [0.2, 0.25) is 0 Å². The van der Waals surface area contributed by atoms with Crippen molar-refractivity contribution < 1.29 is 0 Å². The summed E-state index contributed by atoms with van der Waals surface area (Å²) < 4.78 is 3.19. The smallest absolute Gasteiger partial charge is 0.266 e. The van der Waals surface area contributed by atoms with Crippen molar-refractivity contribution in [1.29, 1.82) is 0 Å². The lowest BCUT2D eigenvalue weighted by atomic mass is 10.2. The minimum atomic E-state index is -0.0827. The van der Waals surface area contributed by atoms with Crippen LogP contribution in [-0.2, 0) is 6.54 Å². The van der Waals surface area contributed by atoms with Gasteiger partial charge in [-0.15, -0.1) is 0 Å². The average Bonchev–Trinajstić information content (AvgIpc) is 3.29. The molecule has 3 aromatic heterocycles. The predicted octanol–water partition coefficient (Wildman–Crippen LogP) is 0.888. The van der Waals surface area contributed by atoms with Gasteiger partial charge in [0.25, 0.3) is 5.56 Å². The molecule has 0 aromatic carbocycles. The maximum absolute atomic E-state index is 11.9. The molecule has 1 saturated heterocycles. The highest BCUT2D eigenvalue weighted by Gasteiger charge is 2.27. The molecule has 0 bridgehead atoms. The molecule has 0 saturated carbocycles. The van der Waals surface area contributed by atoms with Gasteiger partial charge in [-0.1, -0.05) is 0 Å². The normalized spacial score (nSPS) is 17.3. The fourth-order valence-corrected chi connectivity index (χ4v) is 3.05. The Morgan fingerprint density at radius 1 is 1.12 bits per heavy atom. The van der Waals surface area contributed by atoms with E-state index in [0.29, 0.717) is 12.4 Å². The molecule has 3 aromatic rings. The van der Waals surface area contributed by atoms with Crippen LogP contribution < -0.4 is 10.5 Å². The van der Waals surface area contributed by atoms with Crippen LogP contribution in [0.15, 0.2) is 54.0 Å². The second-order valence-corrected chi connectivity index (χ2v) is 5.72. The summed E-state index contributed by atoms with van der Waals surface area (Å²) in [6.45, 7) is 1.44. The zero-order chi connectivity index (χ0) is 16.4. The molecule has 0 amide bonds. The van der Waals surface area contributed by atoms with E-state index in [1.54, 1.807) is 35.5 Å². The van der Waals surface area contributed by atoms with E-state index in [2.05, 4.69) is 25.1 Å². The molecule has 8 heteroatoms. The van der Waals surface area contributed by atoms with Gasteiger partial charge in [-0.05, 0) is 25.0 Å². The van der Waals surface area contributed by atoms with Crippen LogP contribution in [0.25, 0.3) is 5.82 Å². The molecule has 24 heavy (non-hydrogen) atoms. The molecular weight excluding hydrogens is 306 g/mol. The Bertz CT molecular complexity index is 874. The van der Waals surface area contributed by atoms with E-state index in [4.69, 9.17) is 0 Å². The molecule has 0 aliphatic carbocycles. The van der Waals surface area contributed by atoms with Crippen molar-refractivity contribution in [2.24, 2.45) is 0 Å². The fraction of sp³-hybridized carbons (Fsp3) is 0.312. The number of aromatic nitrogens is 6. The molecule has 1 fully saturated rings.